The second kappa shape index (κ2) is 8.38. The predicted octanol–water partition coefficient (Wildman–Crippen LogP) is 4.07. The van der Waals surface area contributed by atoms with Crippen LogP contribution in [0.25, 0.3) is 0 Å². The van der Waals surface area contributed by atoms with Gasteiger partial charge in [-0.3, -0.25) is 4.90 Å². The molecule has 0 amide bonds. The summed E-state index contributed by atoms with van der Waals surface area (Å²) in [6.45, 7) is 2.78. The zero-order chi connectivity index (χ0) is 14.4. The molecule has 1 rings (SSSR count). The Hall–Kier alpha value is 0.0700. The van der Waals surface area contributed by atoms with Crippen LogP contribution in [-0.2, 0) is 0 Å². The lowest BCUT2D eigenvalue weighted by atomic mass is 10.0. The van der Waals surface area contributed by atoms with E-state index in [0.717, 1.165) is 17.7 Å². The van der Waals surface area contributed by atoms with Gasteiger partial charge in [-0.15, -0.1) is 0 Å². The number of benzene rings is 1. The van der Waals surface area contributed by atoms with Gasteiger partial charge in [0.15, 0.2) is 0 Å². The zero-order valence-electron chi connectivity index (χ0n) is 11.7. The molecule has 0 aliphatic heterocycles. The van der Waals surface area contributed by atoms with E-state index in [1.807, 2.05) is 23.9 Å². The highest BCUT2D eigenvalue weighted by molar-refractivity contribution is 7.98. The molecule has 1 aromatic carbocycles. The molecule has 1 aromatic rings. The Morgan fingerprint density at radius 1 is 1.26 bits per heavy atom. The third kappa shape index (κ3) is 5.16. The van der Waals surface area contributed by atoms with Crippen LogP contribution < -0.4 is 5.73 Å². The van der Waals surface area contributed by atoms with Crippen molar-refractivity contribution >= 4 is 35.0 Å². The normalized spacial score (nSPS) is 14.7. The smallest absolute Gasteiger partial charge is 0.0471 e. The van der Waals surface area contributed by atoms with Gasteiger partial charge in [-0.05, 0) is 56.2 Å². The average Bonchev–Trinajstić information content (AvgIpc) is 2.35. The Labute approximate surface area is 130 Å². The Bertz CT molecular complexity index is 381. The molecule has 0 aromatic heterocycles. The summed E-state index contributed by atoms with van der Waals surface area (Å²) in [5, 5.41) is 1.32. The molecule has 0 radical (unpaired) electrons. The molecule has 5 heteroatoms. The fraction of sp³-hybridized carbons (Fsp3) is 0.571. The molecule has 0 heterocycles. The molecule has 2 nitrogen and oxygen atoms in total. The zero-order valence-corrected chi connectivity index (χ0v) is 14.0. The van der Waals surface area contributed by atoms with Gasteiger partial charge in [-0.2, -0.15) is 11.8 Å². The van der Waals surface area contributed by atoms with Crippen LogP contribution in [0.2, 0.25) is 10.0 Å². The summed E-state index contributed by atoms with van der Waals surface area (Å²) in [6, 6.07) is 6.26. The predicted molar refractivity (Wildman–Crippen MR) is 88.5 cm³/mol. The van der Waals surface area contributed by atoms with E-state index >= 15 is 0 Å². The molecule has 0 aliphatic carbocycles. The number of thioether (sulfide) groups is 1. The van der Waals surface area contributed by atoms with Crippen LogP contribution in [0.5, 0.6) is 0 Å². The van der Waals surface area contributed by atoms with Crippen molar-refractivity contribution in [3.05, 3.63) is 33.8 Å². The highest BCUT2D eigenvalue weighted by atomic mass is 35.5. The van der Waals surface area contributed by atoms with E-state index in [4.69, 9.17) is 28.9 Å². The van der Waals surface area contributed by atoms with Crippen molar-refractivity contribution in [2.24, 2.45) is 5.73 Å². The van der Waals surface area contributed by atoms with Gasteiger partial charge in [0.1, 0.15) is 0 Å². The standard InChI is InChI=1S/C14H22Cl2N2S/c1-10(4-5-19-3)18(2)14(9-17)11-6-12(15)8-13(16)7-11/h6-8,10,14H,4-5,9,17H2,1-3H3. The summed E-state index contributed by atoms with van der Waals surface area (Å²) < 4.78 is 0. The van der Waals surface area contributed by atoms with Gasteiger partial charge < -0.3 is 5.73 Å². The molecular formula is C14H22Cl2N2S. The number of hydrogen-bond donors (Lipinski definition) is 1. The quantitative estimate of drug-likeness (QED) is 0.821. The van der Waals surface area contributed by atoms with Crippen LogP contribution in [0.15, 0.2) is 18.2 Å². The maximum atomic E-state index is 6.07. The molecule has 0 spiro atoms. The number of halogens is 2. The number of nitrogens with zero attached hydrogens (tertiary/aromatic N) is 1. The van der Waals surface area contributed by atoms with Gasteiger partial charge in [0, 0.05) is 28.7 Å². The first kappa shape index (κ1) is 17.1. The first-order chi connectivity index (χ1) is 8.99. The third-order valence-electron chi connectivity index (χ3n) is 3.42. The van der Waals surface area contributed by atoms with Crippen molar-refractivity contribution in [3.8, 4) is 0 Å². The Morgan fingerprint density at radius 2 is 1.84 bits per heavy atom. The molecular weight excluding hydrogens is 299 g/mol. The summed E-state index contributed by atoms with van der Waals surface area (Å²) >= 11 is 14.0. The summed E-state index contributed by atoms with van der Waals surface area (Å²) in [6.07, 6.45) is 3.27. The first-order valence-corrected chi connectivity index (χ1v) is 8.51. The lowest BCUT2D eigenvalue weighted by Gasteiger charge is -2.33. The van der Waals surface area contributed by atoms with Gasteiger partial charge in [0.25, 0.3) is 0 Å². The lowest BCUT2D eigenvalue weighted by Crippen LogP contribution is -2.37. The van der Waals surface area contributed by atoms with Gasteiger partial charge in [-0.1, -0.05) is 23.2 Å². The molecule has 0 saturated heterocycles. The number of likely N-dealkylation sites (N-methyl/N-ethyl adjacent to an activating group) is 1. The minimum absolute atomic E-state index is 0.146. The van der Waals surface area contributed by atoms with E-state index < -0.39 is 0 Å². The fourth-order valence-corrected chi connectivity index (χ4v) is 3.22. The monoisotopic (exact) mass is 320 g/mol. The molecule has 0 saturated carbocycles. The Balaban J connectivity index is 2.86. The van der Waals surface area contributed by atoms with Gasteiger partial charge in [0.2, 0.25) is 0 Å². The maximum absolute atomic E-state index is 6.07. The van der Waals surface area contributed by atoms with Crippen molar-refractivity contribution in [2.75, 3.05) is 25.6 Å². The van der Waals surface area contributed by atoms with Crippen LogP contribution >= 0.6 is 35.0 Å². The molecule has 108 valence electrons. The molecule has 0 aliphatic rings. The Morgan fingerprint density at radius 3 is 2.32 bits per heavy atom. The number of nitrogens with two attached hydrogens (primary N) is 1. The second-order valence-electron chi connectivity index (χ2n) is 4.75. The summed E-state index contributed by atoms with van der Waals surface area (Å²) in [5.74, 6) is 1.15. The lowest BCUT2D eigenvalue weighted by molar-refractivity contribution is 0.185. The van der Waals surface area contributed by atoms with Crippen LogP contribution in [0.1, 0.15) is 24.9 Å². The largest absolute Gasteiger partial charge is 0.329 e. The van der Waals surface area contributed by atoms with E-state index in [9.17, 15) is 0 Å². The summed E-state index contributed by atoms with van der Waals surface area (Å²) in [5.41, 5.74) is 7.02. The number of hydrogen-bond acceptors (Lipinski definition) is 3. The summed E-state index contributed by atoms with van der Waals surface area (Å²) in [4.78, 5) is 2.30. The minimum atomic E-state index is 0.146. The van der Waals surface area contributed by atoms with Crippen LogP contribution in [0, 0.1) is 0 Å². The van der Waals surface area contributed by atoms with E-state index in [1.165, 1.54) is 0 Å². The van der Waals surface area contributed by atoms with Crippen LogP contribution in [-0.4, -0.2) is 36.5 Å². The first-order valence-electron chi connectivity index (χ1n) is 6.36. The van der Waals surface area contributed by atoms with Crippen molar-refractivity contribution in [1.29, 1.82) is 0 Å². The molecule has 0 bridgehead atoms. The second-order valence-corrected chi connectivity index (χ2v) is 6.61. The number of rotatable bonds is 7. The van der Waals surface area contributed by atoms with Crippen molar-refractivity contribution in [3.63, 3.8) is 0 Å². The van der Waals surface area contributed by atoms with Crippen molar-refractivity contribution in [1.82, 2.24) is 4.90 Å². The Kier molecular flexibility index (Phi) is 7.55. The fourth-order valence-electron chi connectivity index (χ4n) is 2.10. The van der Waals surface area contributed by atoms with E-state index in [-0.39, 0.29) is 6.04 Å². The average molecular weight is 321 g/mol. The highest BCUT2D eigenvalue weighted by Gasteiger charge is 2.20. The molecule has 0 fully saturated rings. The molecule has 2 atom stereocenters. The minimum Gasteiger partial charge on any atom is -0.329 e. The van der Waals surface area contributed by atoms with Crippen LogP contribution in [0.3, 0.4) is 0 Å². The molecule has 19 heavy (non-hydrogen) atoms. The van der Waals surface area contributed by atoms with Crippen LogP contribution in [0.4, 0.5) is 0 Å². The van der Waals surface area contributed by atoms with Gasteiger partial charge in [0.05, 0.1) is 0 Å². The van der Waals surface area contributed by atoms with Gasteiger partial charge >= 0.3 is 0 Å². The van der Waals surface area contributed by atoms with Crippen molar-refractivity contribution < 1.29 is 0 Å². The SMILES string of the molecule is CSCCC(C)N(C)C(CN)c1cc(Cl)cc(Cl)c1. The van der Waals surface area contributed by atoms with Gasteiger partial charge in [-0.25, -0.2) is 0 Å². The highest BCUT2D eigenvalue weighted by Crippen LogP contribution is 2.27. The molecule has 2 N–H and O–H groups in total. The molecule has 2 unspecified atom stereocenters. The topological polar surface area (TPSA) is 29.3 Å². The summed E-state index contributed by atoms with van der Waals surface area (Å²) in [7, 11) is 2.11. The maximum Gasteiger partial charge on any atom is 0.0471 e. The van der Waals surface area contributed by atoms with Crippen molar-refractivity contribution in [2.45, 2.75) is 25.4 Å². The van der Waals surface area contributed by atoms with E-state index in [1.54, 1.807) is 6.07 Å². The van der Waals surface area contributed by atoms with E-state index in [0.29, 0.717) is 22.6 Å². The third-order valence-corrected chi connectivity index (χ3v) is 4.50. The van der Waals surface area contributed by atoms with E-state index in [2.05, 4.69) is 25.1 Å².